The van der Waals surface area contributed by atoms with Crippen molar-refractivity contribution in [2.45, 2.75) is 12.8 Å². The Morgan fingerprint density at radius 2 is 2.36 bits per heavy atom. The number of aromatic amines is 1. The first-order valence-electron chi connectivity index (χ1n) is 4.34. The van der Waals surface area contributed by atoms with E-state index in [1.54, 1.807) is 19.2 Å². The summed E-state index contributed by atoms with van der Waals surface area (Å²) in [7, 11) is 0. The normalized spacial score (nSPS) is 12.9. The number of carbonyl (C=O) groups is 1. The Hall–Kier alpha value is -1.84. The van der Waals surface area contributed by atoms with Crippen molar-refractivity contribution in [2.24, 2.45) is 0 Å². The van der Waals surface area contributed by atoms with Crippen molar-refractivity contribution < 1.29 is 9.90 Å². The Balaban J connectivity index is 2.48. The molecular weight excluding hydrogens is 180 g/mol. The molecule has 1 heterocycles. The SMILES string of the molecule is C[C@H](C(=O)O)c1ccc2[nH]ncc2c1. The minimum atomic E-state index is -0.812. The minimum absolute atomic E-state index is 0.478. The van der Waals surface area contributed by atoms with Crippen LogP contribution in [0, 0.1) is 0 Å². The fourth-order valence-corrected chi connectivity index (χ4v) is 1.37. The van der Waals surface area contributed by atoms with Crippen molar-refractivity contribution in [3.05, 3.63) is 30.0 Å². The van der Waals surface area contributed by atoms with E-state index < -0.39 is 11.9 Å². The summed E-state index contributed by atoms with van der Waals surface area (Å²) >= 11 is 0. The summed E-state index contributed by atoms with van der Waals surface area (Å²) in [6, 6.07) is 5.49. The van der Waals surface area contributed by atoms with Gasteiger partial charge < -0.3 is 5.11 Å². The van der Waals surface area contributed by atoms with Gasteiger partial charge in [0.1, 0.15) is 0 Å². The number of rotatable bonds is 2. The van der Waals surface area contributed by atoms with Crippen LogP contribution >= 0.6 is 0 Å². The predicted octanol–water partition coefficient (Wildman–Crippen LogP) is 1.75. The summed E-state index contributed by atoms with van der Waals surface area (Å²) in [6.45, 7) is 1.67. The molecule has 2 rings (SSSR count). The van der Waals surface area contributed by atoms with E-state index in [0.717, 1.165) is 16.5 Å². The van der Waals surface area contributed by atoms with E-state index in [9.17, 15) is 4.79 Å². The van der Waals surface area contributed by atoms with Crippen LogP contribution in [-0.4, -0.2) is 21.3 Å². The Morgan fingerprint density at radius 1 is 1.57 bits per heavy atom. The summed E-state index contributed by atoms with van der Waals surface area (Å²) in [5, 5.41) is 16.5. The highest BCUT2D eigenvalue weighted by Gasteiger charge is 2.13. The highest BCUT2D eigenvalue weighted by Crippen LogP contribution is 2.20. The third-order valence-electron chi connectivity index (χ3n) is 2.33. The highest BCUT2D eigenvalue weighted by molar-refractivity contribution is 5.82. The van der Waals surface area contributed by atoms with E-state index in [-0.39, 0.29) is 0 Å². The molecule has 0 radical (unpaired) electrons. The molecule has 0 aliphatic rings. The molecule has 2 N–H and O–H groups in total. The number of hydrogen-bond acceptors (Lipinski definition) is 2. The van der Waals surface area contributed by atoms with E-state index in [0.29, 0.717) is 0 Å². The third-order valence-corrected chi connectivity index (χ3v) is 2.33. The molecule has 0 saturated heterocycles. The van der Waals surface area contributed by atoms with Crippen molar-refractivity contribution >= 4 is 16.9 Å². The molecule has 0 unspecified atom stereocenters. The van der Waals surface area contributed by atoms with Gasteiger partial charge in [0.05, 0.1) is 17.6 Å². The number of nitrogens with one attached hydrogen (secondary N) is 1. The predicted molar refractivity (Wildman–Crippen MR) is 52.1 cm³/mol. The maximum Gasteiger partial charge on any atom is 0.310 e. The zero-order valence-electron chi connectivity index (χ0n) is 7.69. The van der Waals surface area contributed by atoms with Crippen LogP contribution < -0.4 is 0 Å². The molecule has 4 heteroatoms. The van der Waals surface area contributed by atoms with E-state index in [1.807, 2.05) is 12.1 Å². The second-order valence-corrected chi connectivity index (χ2v) is 3.28. The zero-order valence-corrected chi connectivity index (χ0v) is 7.69. The summed E-state index contributed by atoms with van der Waals surface area (Å²) in [6.07, 6.45) is 1.69. The first-order chi connectivity index (χ1) is 6.68. The summed E-state index contributed by atoms with van der Waals surface area (Å²) in [5.74, 6) is -1.29. The average Bonchev–Trinajstić information content (AvgIpc) is 2.62. The number of fused-ring (bicyclic) bond motifs is 1. The minimum Gasteiger partial charge on any atom is -0.481 e. The van der Waals surface area contributed by atoms with Crippen LogP contribution in [0.25, 0.3) is 10.9 Å². The lowest BCUT2D eigenvalue weighted by molar-refractivity contribution is -0.138. The largest absolute Gasteiger partial charge is 0.481 e. The molecule has 0 aliphatic heterocycles. The molecule has 0 spiro atoms. The molecule has 0 fully saturated rings. The Bertz CT molecular complexity index is 476. The maximum atomic E-state index is 10.8. The van der Waals surface area contributed by atoms with Gasteiger partial charge in [-0.2, -0.15) is 5.10 Å². The van der Waals surface area contributed by atoms with Crippen LogP contribution in [0.15, 0.2) is 24.4 Å². The summed E-state index contributed by atoms with van der Waals surface area (Å²) in [4.78, 5) is 10.8. The zero-order chi connectivity index (χ0) is 10.1. The van der Waals surface area contributed by atoms with Gasteiger partial charge in [-0.15, -0.1) is 0 Å². The first-order valence-corrected chi connectivity index (χ1v) is 4.34. The van der Waals surface area contributed by atoms with Gasteiger partial charge in [0.2, 0.25) is 0 Å². The van der Waals surface area contributed by atoms with Crippen molar-refractivity contribution in [1.82, 2.24) is 10.2 Å². The van der Waals surface area contributed by atoms with Crippen LogP contribution in [0.2, 0.25) is 0 Å². The molecule has 4 nitrogen and oxygen atoms in total. The number of aliphatic carboxylic acids is 1. The van der Waals surface area contributed by atoms with Crippen LogP contribution in [0.1, 0.15) is 18.4 Å². The van der Waals surface area contributed by atoms with Crippen molar-refractivity contribution in [3.8, 4) is 0 Å². The fraction of sp³-hybridized carbons (Fsp3) is 0.200. The molecule has 14 heavy (non-hydrogen) atoms. The van der Waals surface area contributed by atoms with Gasteiger partial charge in [0.25, 0.3) is 0 Å². The number of carboxylic acids is 1. The molecule has 0 saturated carbocycles. The lowest BCUT2D eigenvalue weighted by Crippen LogP contribution is -2.06. The maximum absolute atomic E-state index is 10.8. The van der Waals surface area contributed by atoms with Crippen molar-refractivity contribution in [1.29, 1.82) is 0 Å². The van der Waals surface area contributed by atoms with Gasteiger partial charge in [-0.3, -0.25) is 9.89 Å². The number of hydrogen-bond donors (Lipinski definition) is 2. The lowest BCUT2D eigenvalue weighted by atomic mass is 10.0. The van der Waals surface area contributed by atoms with Crippen molar-refractivity contribution in [2.75, 3.05) is 0 Å². The molecule has 1 aromatic carbocycles. The van der Waals surface area contributed by atoms with Gasteiger partial charge in [0.15, 0.2) is 0 Å². The number of nitrogens with zero attached hydrogens (tertiary/aromatic N) is 1. The highest BCUT2D eigenvalue weighted by atomic mass is 16.4. The van der Waals surface area contributed by atoms with E-state index >= 15 is 0 Å². The quantitative estimate of drug-likeness (QED) is 0.758. The molecular formula is C10H10N2O2. The summed E-state index contributed by atoms with van der Waals surface area (Å²) < 4.78 is 0. The molecule has 0 bridgehead atoms. The second-order valence-electron chi connectivity index (χ2n) is 3.28. The van der Waals surface area contributed by atoms with Crippen molar-refractivity contribution in [3.63, 3.8) is 0 Å². The summed E-state index contributed by atoms with van der Waals surface area (Å²) in [5.41, 5.74) is 1.72. The molecule has 1 aromatic heterocycles. The van der Waals surface area contributed by atoms with Crippen LogP contribution in [0.5, 0.6) is 0 Å². The molecule has 1 atom stereocenters. The number of aromatic nitrogens is 2. The van der Waals surface area contributed by atoms with Gasteiger partial charge in [-0.1, -0.05) is 6.07 Å². The van der Waals surface area contributed by atoms with Gasteiger partial charge in [0, 0.05) is 5.39 Å². The fourth-order valence-electron chi connectivity index (χ4n) is 1.37. The van der Waals surface area contributed by atoms with E-state index in [4.69, 9.17) is 5.11 Å². The topological polar surface area (TPSA) is 66.0 Å². The Morgan fingerprint density at radius 3 is 3.07 bits per heavy atom. The standard InChI is InChI=1S/C10H10N2O2/c1-6(10(13)14)7-2-3-9-8(4-7)5-11-12-9/h2-6H,1H3,(H,11,12)(H,13,14)/t6-/m0/s1. The van der Waals surface area contributed by atoms with Gasteiger partial charge in [-0.05, 0) is 24.6 Å². The molecule has 72 valence electrons. The van der Waals surface area contributed by atoms with Gasteiger partial charge in [-0.25, -0.2) is 0 Å². The Kier molecular flexibility index (Phi) is 1.96. The first kappa shape index (κ1) is 8.74. The van der Waals surface area contributed by atoms with E-state index in [1.165, 1.54) is 0 Å². The van der Waals surface area contributed by atoms with Crippen LogP contribution in [0.4, 0.5) is 0 Å². The monoisotopic (exact) mass is 190 g/mol. The van der Waals surface area contributed by atoms with E-state index in [2.05, 4.69) is 10.2 Å². The lowest BCUT2D eigenvalue weighted by Gasteiger charge is -2.05. The number of H-pyrrole nitrogens is 1. The third kappa shape index (κ3) is 1.35. The average molecular weight is 190 g/mol. The van der Waals surface area contributed by atoms with Gasteiger partial charge >= 0.3 is 5.97 Å². The molecule has 2 aromatic rings. The number of carboxylic acid groups (broad SMARTS) is 1. The number of benzene rings is 1. The van der Waals surface area contributed by atoms with Crippen LogP contribution in [-0.2, 0) is 4.79 Å². The molecule has 0 aliphatic carbocycles. The Labute approximate surface area is 80.6 Å². The van der Waals surface area contributed by atoms with Crippen LogP contribution in [0.3, 0.4) is 0 Å². The second kappa shape index (κ2) is 3.14. The molecule has 0 amide bonds. The smallest absolute Gasteiger partial charge is 0.310 e.